The van der Waals surface area contributed by atoms with Crippen molar-refractivity contribution in [2.75, 3.05) is 31.1 Å². The molecule has 0 radical (unpaired) electrons. The van der Waals surface area contributed by atoms with E-state index in [1.807, 2.05) is 12.1 Å². The van der Waals surface area contributed by atoms with Gasteiger partial charge >= 0.3 is 0 Å². The topological polar surface area (TPSA) is 53.7 Å². The van der Waals surface area contributed by atoms with Crippen molar-refractivity contribution in [2.24, 2.45) is 0 Å². The number of benzene rings is 1. The summed E-state index contributed by atoms with van der Waals surface area (Å²) in [5.74, 6) is 0. The second-order valence-corrected chi connectivity index (χ2v) is 7.48. The largest absolute Gasteiger partial charge is 0.368 e. The summed E-state index contributed by atoms with van der Waals surface area (Å²) in [6.07, 6.45) is 2.49. The average Bonchev–Trinajstić information content (AvgIpc) is 3.11. The van der Waals surface area contributed by atoms with E-state index in [0.717, 1.165) is 49.4 Å². The van der Waals surface area contributed by atoms with Crippen molar-refractivity contribution in [3.63, 3.8) is 0 Å². The van der Waals surface area contributed by atoms with Crippen molar-refractivity contribution in [3.8, 4) is 11.3 Å². The van der Waals surface area contributed by atoms with E-state index in [2.05, 4.69) is 39.8 Å². The van der Waals surface area contributed by atoms with Crippen molar-refractivity contribution in [1.29, 1.82) is 0 Å². The Bertz CT molecular complexity index is 976. The summed E-state index contributed by atoms with van der Waals surface area (Å²) in [6, 6.07) is 10.1. The second kappa shape index (κ2) is 7.29. The number of aromatic nitrogens is 3. The molecule has 0 spiro atoms. The molecule has 1 fully saturated rings. The van der Waals surface area contributed by atoms with Crippen LogP contribution < -0.4 is 4.90 Å². The molecule has 0 aliphatic carbocycles. The number of hydrogen-bond donors (Lipinski definition) is 0. The van der Waals surface area contributed by atoms with Crippen LogP contribution in [0.3, 0.4) is 0 Å². The molecule has 0 amide bonds. The summed E-state index contributed by atoms with van der Waals surface area (Å²) >= 11 is 6.63. The van der Waals surface area contributed by atoms with Crippen molar-refractivity contribution in [2.45, 2.75) is 19.9 Å². The molecule has 140 valence electrons. The van der Waals surface area contributed by atoms with Gasteiger partial charge in [-0.15, -0.1) is 0 Å². The molecule has 3 heterocycles. The summed E-state index contributed by atoms with van der Waals surface area (Å²) < 4.78 is 1.68. The Kier molecular flexibility index (Phi) is 4.85. The Morgan fingerprint density at radius 2 is 1.89 bits per heavy atom. The molecule has 0 saturated carbocycles. The van der Waals surface area contributed by atoms with Crippen LogP contribution in [0.25, 0.3) is 16.9 Å². The highest BCUT2D eigenvalue weighted by atomic mass is 35.5. The first kappa shape index (κ1) is 17.9. The smallest absolute Gasteiger partial charge is 0.170 e. The summed E-state index contributed by atoms with van der Waals surface area (Å²) in [4.78, 5) is 20.2. The van der Waals surface area contributed by atoms with Gasteiger partial charge in [-0.05, 0) is 38.1 Å². The molecule has 2 aromatic heterocycles. The number of piperazine rings is 1. The van der Waals surface area contributed by atoms with Gasteiger partial charge in [0.15, 0.2) is 11.9 Å². The molecule has 1 saturated heterocycles. The first-order valence-corrected chi connectivity index (χ1v) is 9.53. The maximum Gasteiger partial charge on any atom is 0.170 e. The molecule has 1 aromatic carbocycles. The van der Waals surface area contributed by atoms with Gasteiger partial charge < -0.3 is 4.90 Å². The number of nitrogens with zero attached hydrogens (tertiary/aromatic N) is 5. The van der Waals surface area contributed by atoms with Crippen LogP contribution in [0.5, 0.6) is 0 Å². The van der Waals surface area contributed by atoms with Crippen LogP contribution in [0.2, 0.25) is 5.02 Å². The lowest BCUT2D eigenvalue weighted by Gasteiger charge is -2.38. The molecular weight excluding hydrogens is 362 g/mol. The third-order valence-corrected chi connectivity index (χ3v) is 5.44. The number of imidazole rings is 1. The number of fused-ring (bicyclic) bond motifs is 1. The standard InChI is InChI=1S/C20H22ClN5O/c1-14(2)24-7-9-25(10-8-24)18-5-3-15(11-17(18)21)19-12-22-20-6-4-16(13-27)23-26(19)20/h3-6,11-14H,7-10H2,1-2H3. The minimum absolute atomic E-state index is 0.368. The Hall–Kier alpha value is -2.44. The molecule has 0 atom stereocenters. The molecule has 0 bridgehead atoms. The molecule has 27 heavy (non-hydrogen) atoms. The summed E-state index contributed by atoms with van der Waals surface area (Å²) in [5.41, 5.74) is 3.85. The van der Waals surface area contributed by atoms with E-state index in [1.165, 1.54) is 0 Å². The number of hydrogen-bond acceptors (Lipinski definition) is 5. The highest BCUT2D eigenvalue weighted by Gasteiger charge is 2.21. The molecular formula is C20H22ClN5O. The molecule has 0 unspecified atom stereocenters. The lowest BCUT2D eigenvalue weighted by atomic mass is 10.1. The first-order valence-electron chi connectivity index (χ1n) is 9.15. The summed E-state index contributed by atoms with van der Waals surface area (Å²) in [7, 11) is 0. The Labute approximate surface area is 163 Å². The van der Waals surface area contributed by atoms with Gasteiger partial charge in [0.2, 0.25) is 0 Å². The van der Waals surface area contributed by atoms with Gasteiger partial charge in [-0.1, -0.05) is 17.7 Å². The number of rotatable bonds is 4. The van der Waals surface area contributed by atoms with Gasteiger partial charge in [0.1, 0.15) is 5.69 Å². The fraction of sp³-hybridized carbons (Fsp3) is 0.350. The molecule has 1 aliphatic heterocycles. The van der Waals surface area contributed by atoms with Crippen LogP contribution in [0.15, 0.2) is 36.5 Å². The van der Waals surface area contributed by atoms with Crippen LogP contribution in [-0.2, 0) is 0 Å². The number of anilines is 1. The number of aldehydes is 1. The van der Waals surface area contributed by atoms with E-state index in [4.69, 9.17) is 11.6 Å². The highest BCUT2D eigenvalue weighted by Crippen LogP contribution is 2.32. The van der Waals surface area contributed by atoms with Gasteiger partial charge in [-0.2, -0.15) is 5.10 Å². The lowest BCUT2D eigenvalue weighted by Crippen LogP contribution is -2.49. The van der Waals surface area contributed by atoms with E-state index >= 15 is 0 Å². The van der Waals surface area contributed by atoms with E-state index in [0.29, 0.717) is 22.4 Å². The van der Waals surface area contributed by atoms with Gasteiger partial charge in [-0.25, -0.2) is 9.50 Å². The lowest BCUT2D eigenvalue weighted by molar-refractivity contribution is 0.111. The molecule has 4 rings (SSSR count). The monoisotopic (exact) mass is 383 g/mol. The zero-order chi connectivity index (χ0) is 19.0. The molecule has 1 aliphatic rings. The van der Waals surface area contributed by atoms with Crippen LogP contribution in [0.4, 0.5) is 5.69 Å². The fourth-order valence-electron chi connectivity index (χ4n) is 3.55. The van der Waals surface area contributed by atoms with Gasteiger partial charge in [0.25, 0.3) is 0 Å². The zero-order valence-corrected chi connectivity index (χ0v) is 16.2. The number of carbonyl (C=O) groups excluding carboxylic acids is 1. The van der Waals surface area contributed by atoms with Gasteiger partial charge in [-0.3, -0.25) is 9.69 Å². The van der Waals surface area contributed by atoms with E-state index in [1.54, 1.807) is 22.8 Å². The maximum atomic E-state index is 11.0. The zero-order valence-electron chi connectivity index (χ0n) is 15.5. The van der Waals surface area contributed by atoms with Crippen molar-refractivity contribution in [3.05, 3.63) is 47.2 Å². The van der Waals surface area contributed by atoms with Gasteiger partial charge in [0.05, 0.1) is 22.6 Å². The molecule has 3 aromatic rings. The van der Waals surface area contributed by atoms with Crippen LogP contribution in [-0.4, -0.2) is 58.0 Å². The minimum Gasteiger partial charge on any atom is -0.368 e. The average molecular weight is 384 g/mol. The van der Waals surface area contributed by atoms with Crippen LogP contribution in [0.1, 0.15) is 24.3 Å². The summed E-state index contributed by atoms with van der Waals surface area (Å²) in [5, 5.41) is 5.04. The fourth-order valence-corrected chi connectivity index (χ4v) is 3.85. The molecule has 0 N–H and O–H groups in total. The first-order chi connectivity index (χ1) is 13.1. The highest BCUT2D eigenvalue weighted by molar-refractivity contribution is 6.33. The van der Waals surface area contributed by atoms with Crippen molar-refractivity contribution in [1.82, 2.24) is 19.5 Å². The SMILES string of the molecule is CC(C)N1CCN(c2ccc(-c3cnc4ccc(C=O)nn34)cc2Cl)CC1. The Balaban J connectivity index is 1.62. The van der Waals surface area contributed by atoms with Crippen LogP contribution >= 0.6 is 11.6 Å². The Morgan fingerprint density at radius 3 is 2.56 bits per heavy atom. The number of carbonyl (C=O) groups is 1. The summed E-state index contributed by atoms with van der Waals surface area (Å²) in [6.45, 7) is 8.49. The van der Waals surface area contributed by atoms with Crippen molar-refractivity contribution < 1.29 is 4.79 Å². The minimum atomic E-state index is 0.368. The van der Waals surface area contributed by atoms with E-state index in [-0.39, 0.29) is 0 Å². The maximum absolute atomic E-state index is 11.0. The third-order valence-electron chi connectivity index (χ3n) is 5.13. The molecule has 6 nitrogen and oxygen atoms in total. The predicted molar refractivity (Wildman–Crippen MR) is 108 cm³/mol. The predicted octanol–water partition coefficient (Wildman–Crippen LogP) is 3.39. The van der Waals surface area contributed by atoms with E-state index < -0.39 is 0 Å². The van der Waals surface area contributed by atoms with Gasteiger partial charge in [0, 0.05) is 37.8 Å². The van der Waals surface area contributed by atoms with Crippen LogP contribution in [0, 0.1) is 0 Å². The van der Waals surface area contributed by atoms with Crippen molar-refractivity contribution >= 4 is 29.2 Å². The van der Waals surface area contributed by atoms with E-state index in [9.17, 15) is 4.79 Å². The third kappa shape index (κ3) is 3.42. The quantitative estimate of drug-likeness (QED) is 0.646. The number of halogens is 1. The molecule has 7 heteroatoms. The Morgan fingerprint density at radius 1 is 1.11 bits per heavy atom. The second-order valence-electron chi connectivity index (χ2n) is 7.07. The normalized spacial score (nSPS) is 15.6.